The minimum absolute atomic E-state index is 0. The second-order valence-corrected chi connectivity index (χ2v) is 5.30. The summed E-state index contributed by atoms with van der Waals surface area (Å²) < 4.78 is 0. The summed E-state index contributed by atoms with van der Waals surface area (Å²) >= 11 is 0. The number of halogens is 1. The van der Waals surface area contributed by atoms with Crippen LogP contribution >= 0.6 is 12.4 Å². The van der Waals surface area contributed by atoms with Crippen LogP contribution in [0, 0.1) is 0 Å². The van der Waals surface area contributed by atoms with Crippen molar-refractivity contribution in [2.45, 2.75) is 6.04 Å². The molecule has 4 aromatic carbocycles. The third-order valence-corrected chi connectivity index (χ3v) is 4.16. The lowest BCUT2D eigenvalue weighted by atomic mass is 9.90. The van der Waals surface area contributed by atoms with E-state index in [2.05, 4.69) is 48.5 Å². The molecule has 4 aromatic rings. The molecular formula is C18H16ClNO. The molecule has 0 aliphatic rings. The number of hydrogen-bond acceptors (Lipinski definition) is 2. The maximum atomic E-state index is 9.36. The minimum Gasteiger partial charge on any atom is -0.394 e. The molecule has 0 unspecified atom stereocenters. The van der Waals surface area contributed by atoms with E-state index < -0.39 is 0 Å². The molecule has 106 valence electrons. The Hall–Kier alpha value is -1.87. The van der Waals surface area contributed by atoms with Gasteiger partial charge in [-0.25, -0.2) is 0 Å². The molecule has 0 saturated heterocycles. The molecule has 0 radical (unpaired) electrons. The highest BCUT2D eigenvalue weighted by Gasteiger charge is 2.13. The Balaban J connectivity index is 0.00000132. The average Bonchev–Trinajstić information content (AvgIpc) is 2.51. The molecule has 4 rings (SSSR count). The van der Waals surface area contributed by atoms with Gasteiger partial charge in [0.25, 0.3) is 0 Å². The van der Waals surface area contributed by atoms with E-state index in [-0.39, 0.29) is 25.1 Å². The first kappa shape index (κ1) is 14.1. The maximum Gasteiger partial charge on any atom is 0.0624 e. The van der Waals surface area contributed by atoms with Crippen LogP contribution in [0.2, 0.25) is 0 Å². The molecule has 3 heteroatoms. The van der Waals surface area contributed by atoms with Gasteiger partial charge in [0.15, 0.2) is 0 Å². The third kappa shape index (κ3) is 1.95. The molecule has 2 nitrogen and oxygen atoms in total. The molecule has 21 heavy (non-hydrogen) atoms. The zero-order valence-electron chi connectivity index (χ0n) is 11.4. The summed E-state index contributed by atoms with van der Waals surface area (Å²) in [5, 5.41) is 16.8. The number of nitrogens with two attached hydrogens (primary N) is 1. The average molecular weight is 298 g/mol. The van der Waals surface area contributed by atoms with Crippen molar-refractivity contribution in [3.63, 3.8) is 0 Å². The number of aliphatic hydroxyl groups is 1. The van der Waals surface area contributed by atoms with E-state index >= 15 is 0 Å². The largest absolute Gasteiger partial charge is 0.394 e. The summed E-state index contributed by atoms with van der Waals surface area (Å²) in [6, 6.07) is 18.7. The monoisotopic (exact) mass is 297 g/mol. The highest BCUT2D eigenvalue weighted by atomic mass is 35.5. The van der Waals surface area contributed by atoms with Gasteiger partial charge < -0.3 is 10.8 Å². The van der Waals surface area contributed by atoms with Crippen molar-refractivity contribution < 1.29 is 5.11 Å². The molecule has 0 fully saturated rings. The highest BCUT2D eigenvalue weighted by molar-refractivity contribution is 6.23. The second-order valence-electron chi connectivity index (χ2n) is 5.30. The van der Waals surface area contributed by atoms with Crippen molar-refractivity contribution in [2.75, 3.05) is 6.61 Å². The molecule has 1 atom stereocenters. The van der Waals surface area contributed by atoms with Crippen LogP contribution in [-0.4, -0.2) is 11.7 Å². The molecule has 0 saturated carbocycles. The smallest absolute Gasteiger partial charge is 0.0624 e. The number of benzene rings is 4. The lowest BCUT2D eigenvalue weighted by Crippen LogP contribution is -2.14. The molecule has 3 N–H and O–H groups in total. The summed E-state index contributed by atoms with van der Waals surface area (Å²) in [5.41, 5.74) is 7.05. The SMILES string of the molecule is Cl.N[C@@H](CO)c1ccc2ccc3cccc4ccc1c2c34. The second kappa shape index (κ2) is 5.15. The van der Waals surface area contributed by atoms with Crippen molar-refractivity contribution in [1.29, 1.82) is 0 Å². The Kier molecular flexibility index (Phi) is 3.46. The molecular weight excluding hydrogens is 282 g/mol. The van der Waals surface area contributed by atoms with E-state index in [1.165, 1.54) is 26.9 Å². The van der Waals surface area contributed by atoms with Crippen molar-refractivity contribution in [3.05, 3.63) is 60.2 Å². The van der Waals surface area contributed by atoms with Crippen LogP contribution < -0.4 is 5.73 Å². The van der Waals surface area contributed by atoms with Crippen molar-refractivity contribution in [1.82, 2.24) is 0 Å². The maximum absolute atomic E-state index is 9.36. The molecule has 0 aliphatic heterocycles. The number of aliphatic hydroxyl groups excluding tert-OH is 1. The van der Waals surface area contributed by atoms with E-state index in [0.29, 0.717) is 0 Å². The molecule has 0 aliphatic carbocycles. The topological polar surface area (TPSA) is 46.2 Å². The summed E-state index contributed by atoms with van der Waals surface area (Å²) in [6.45, 7) is -0.0377. The standard InChI is InChI=1S/C18H15NO.ClH/c19-16(10-20)14-8-6-13-5-4-11-2-1-3-12-7-9-15(14)18(13)17(11)12;/h1-9,16,20H,10,19H2;1H/t16-;/m0./s1. The van der Waals surface area contributed by atoms with Gasteiger partial charge in [-0.05, 0) is 37.9 Å². The van der Waals surface area contributed by atoms with Gasteiger partial charge in [-0.3, -0.25) is 0 Å². The van der Waals surface area contributed by atoms with Crippen LogP contribution in [0.1, 0.15) is 11.6 Å². The Bertz CT molecular complexity index is 903. The summed E-state index contributed by atoms with van der Waals surface area (Å²) in [7, 11) is 0. The lowest BCUT2D eigenvalue weighted by molar-refractivity contribution is 0.268. The predicted octanol–water partition coefficient (Wildman–Crippen LogP) is 4.00. The van der Waals surface area contributed by atoms with Gasteiger partial charge in [0.2, 0.25) is 0 Å². The van der Waals surface area contributed by atoms with Crippen LogP contribution in [0.3, 0.4) is 0 Å². The number of hydrogen-bond donors (Lipinski definition) is 2. The van der Waals surface area contributed by atoms with Crippen LogP contribution in [-0.2, 0) is 0 Å². The summed E-state index contributed by atoms with van der Waals surface area (Å²) in [4.78, 5) is 0. The minimum atomic E-state index is -0.334. The fourth-order valence-corrected chi connectivity index (χ4v) is 3.18. The highest BCUT2D eigenvalue weighted by Crippen LogP contribution is 2.36. The Labute approximate surface area is 128 Å². The van der Waals surface area contributed by atoms with E-state index in [9.17, 15) is 5.11 Å². The Morgan fingerprint density at radius 2 is 1.38 bits per heavy atom. The van der Waals surface area contributed by atoms with Crippen molar-refractivity contribution in [2.24, 2.45) is 5.73 Å². The van der Waals surface area contributed by atoms with E-state index in [4.69, 9.17) is 5.73 Å². The van der Waals surface area contributed by atoms with Gasteiger partial charge in [0.1, 0.15) is 0 Å². The van der Waals surface area contributed by atoms with E-state index in [0.717, 1.165) is 10.9 Å². The molecule has 0 bridgehead atoms. The molecule has 0 aromatic heterocycles. The van der Waals surface area contributed by atoms with E-state index in [1.54, 1.807) is 0 Å². The van der Waals surface area contributed by atoms with Crippen molar-refractivity contribution in [3.8, 4) is 0 Å². The van der Waals surface area contributed by atoms with Crippen LogP contribution in [0.5, 0.6) is 0 Å². The summed E-state index contributed by atoms with van der Waals surface area (Å²) in [5.74, 6) is 0. The first-order chi connectivity index (χ1) is 9.79. The third-order valence-electron chi connectivity index (χ3n) is 4.16. The Morgan fingerprint density at radius 3 is 2.05 bits per heavy atom. The van der Waals surface area contributed by atoms with Crippen LogP contribution in [0.4, 0.5) is 0 Å². The van der Waals surface area contributed by atoms with Gasteiger partial charge >= 0.3 is 0 Å². The molecule has 0 heterocycles. The fraction of sp³-hybridized carbons (Fsp3) is 0.111. The Morgan fingerprint density at radius 1 is 0.810 bits per heavy atom. The predicted molar refractivity (Wildman–Crippen MR) is 91.4 cm³/mol. The van der Waals surface area contributed by atoms with Gasteiger partial charge in [0.05, 0.1) is 12.6 Å². The molecule has 0 amide bonds. The summed E-state index contributed by atoms with van der Waals surface area (Å²) in [6.07, 6.45) is 0. The quantitative estimate of drug-likeness (QED) is 0.549. The van der Waals surface area contributed by atoms with Gasteiger partial charge in [-0.1, -0.05) is 54.6 Å². The number of rotatable bonds is 2. The lowest BCUT2D eigenvalue weighted by Gasteiger charge is -2.16. The fourth-order valence-electron chi connectivity index (χ4n) is 3.18. The van der Waals surface area contributed by atoms with Crippen LogP contribution in [0.25, 0.3) is 32.3 Å². The zero-order valence-corrected chi connectivity index (χ0v) is 12.2. The normalized spacial score (nSPS) is 12.9. The molecule has 0 spiro atoms. The first-order valence-electron chi connectivity index (χ1n) is 6.82. The van der Waals surface area contributed by atoms with Gasteiger partial charge in [0, 0.05) is 0 Å². The van der Waals surface area contributed by atoms with Gasteiger partial charge in [-0.2, -0.15) is 0 Å². The van der Waals surface area contributed by atoms with Crippen LogP contribution in [0.15, 0.2) is 54.6 Å². The first-order valence-corrected chi connectivity index (χ1v) is 6.82. The van der Waals surface area contributed by atoms with E-state index in [1.807, 2.05) is 6.07 Å². The van der Waals surface area contributed by atoms with Crippen molar-refractivity contribution >= 4 is 44.7 Å². The zero-order chi connectivity index (χ0) is 13.7. The van der Waals surface area contributed by atoms with Gasteiger partial charge in [-0.15, -0.1) is 12.4 Å².